The summed E-state index contributed by atoms with van der Waals surface area (Å²) in [6.07, 6.45) is 4.38. The quantitative estimate of drug-likeness (QED) is 0.649. The Morgan fingerprint density at radius 3 is 2.79 bits per heavy atom. The highest BCUT2D eigenvalue weighted by Crippen LogP contribution is 2.29. The van der Waals surface area contributed by atoms with Crippen LogP contribution in [0, 0.1) is 0 Å². The number of piperidine rings is 1. The van der Waals surface area contributed by atoms with Gasteiger partial charge in [-0.15, -0.1) is 0 Å². The SMILES string of the molecule is COC(=O)N(c1ccc2c(cnn2-c2ccc(Cl)c(Cl)c2)c1)[C@H]1CCCCN1. The molecule has 6 nitrogen and oxygen atoms in total. The molecule has 2 aromatic carbocycles. The summed E-state index contributed by atoms with van der Waals surface area (Å²) < 4.78 is 6.82. The molecule has 2 heterocycles. The van der Waals surface area contributed by atoms with Crippen molar-refractivity contribution in [3.05, 3.63) is 52.6 Å². The maximum atomic E-state index is 12.5. The maximum absolute atomic E-state index is 12.5. The largest absolute Gasteiger partial charge is 0.452 e. The van der Waals surface area contributed by atoms with Gasteiger partial charge in [-0.25, -0.2) is 9.48 Å². The highest BCUT2D eigenvalue weighted by Gasteiger charge is 2.27. The van der Waals surface area contributed by atoms with Crippen LogP contribution < -0.4 is 10.2 Å². The minimum atomic E-state index is -0.379. The number of anilines is 1. The molecule has 0 saturated carbocycles. The first-order chi connectivity index (χ1) is 13.6. The summed E-state index contributed by atoms with van der Waals surface area (Å²) in [7, 11) is 1.40. The molecule has 8 heteroatoms. The molecule has 0 unspecified atom stereocenters. The van der Waals surface area contributed by atoms with E-state index in [-0.39, 0.29) is 12.3 Å². The average Bonchev–Trinajstić information content (AvgIpc) is 3.14. The fourth-order valence-corrected chi connectivity index (χ4v) is 3.85. The Bertz CT molecular complexity index is 1010. The monoisotopic (exact) mass is 418 g/mol. The zero-order chi connectivity index (χ0) is 19.7. The summed E-state index contributed by atoms with van der Waals surface area (Å²) in [5.41, 5.74) is 2.49. The van der Waals surface area contributed by atoms with Crippen molar-refractivity contribution < 1.29 is 9.53 Å². The van der Waals surface area contributed by atoms with E-state index in [1.54, 1.807) is 27.9 Å². The number of nitrogens with zero attached hydrogens (tertiary/aromatic N) is 3. The van der Waals surface area contributed by atoms with E-state index in [0.29, 0.717) is 10.0 Å². The lowest BCUT2D eigenvalue weighted by Crippen LogP contribution is -2.51. The van der Waals surface area contributed by atoms with Gasteiger partial charge in [-0.05, 0) is 62.2 Å². The first-order valence-corrected chi connectivity index (χ1v) is 9.88. The smallest absolute Gasteiger partial charge is 0.415 e. The number of hydrogen-bond donors (Lipinski definition) is 1. The summed E-state index contributed by atoms with van der Waals surface area (Å²) in [6.45, 7) is 0.885. The predicted octanol–water partition coefficient (Wildman–Crippen LogP) is 5.00. The van der Waals surface area contributed by atoms with Crippen molar-refractivity contribution in [3.8, 4) is 5.69 Å². The van der Waals surface area contributed by atoms with Crippen LogP contribution >= 0.6 is 23.2 Å². The molecule has 0 radical (unpaired) electrons. The van der Waals surface area contributed by atoms with Crippen molar-refractivity contribution in [3.63, 3.8) is 0 Å². The molecule has 0 aliphatic carbocycles. The summed E-state index contributed by atoms with van der Waals surface area (Å²) in [5, 5.41) is 9.76. The molecule has 1 amide bonds. The van der Waals surface area contributed by atoms with E-state index in [9.17, 15) is 4.79 Å². The van der Waals surface area contributed by atoms with E-state index in [0.717, 1.165) is 48.1 Å². The minimum Gasteiger partial charge on any atom is -0.452 e. The number of fused-ring (bicyclic) bond motifs is 1. The molecule has 1 aliphatic rings. The lowest BCUT2D eigenvalue weighted by Gasteiger charge is -2.34. The normalized spacial score (nSPS) is 16.9. The van der Waals surface area contributed by atoms with Gasteiger partial charge in [-0.1, -0.05) is 23.2 Å². The molecule has 0 bridgehead atoms. The molecule has 1 N–H and O–H groups in total. The van der Waals surface area contributed by atoms with Crippen LogP contribution in [0.15, 0.2) is 42.6 Å². The summed E-state index contributed by atoms with van der Waals surface area (Å²) in [6, 6.07) is 11.2. The first-order valence-electron chi connectivity index (χ1n) is 9.12. The minimum absolute atomic E-state index is 0.0798. The second-order valence-corrected chi connectivity index (χ2v) is 7.52. The van der Waals surface area contributed by atoms with Gasteiger partial charge in [-0.2, -0.15) is 5.10 Å². The van der Waals surface area contributed by atoms with Gasteiger partial charge >= 0.3 is 6.09 Å². The summed E-state index contributed by atoms with van der Waals surface area (Å²) in [5.74, 6) is 0. The number of carbonyl (C=O) groups excluding carboxylic acids is 1. The zero-order valence-electron chi connectivity index (χ0n) is 15.4. The van der Waals surface area contributed by atoms with Gasteiger partial charge in [0.25, 0.3) is 0 Å². The molecule has 0 spiro atoms. The fraction of sp³-hybridized carbons (Fsp3) is 0.300. The van der Waals surface area contributed by atoms with Crippen LogP contribution in [0.2, 0.25) is 10.0 Å². The summed E-state index contributed by atoms with van der Waals surface area (Å²) >= 11 is 12.2. The molecule has 3 aromatic rings. The fourth-order valence-electron chi connectivity index (χ4n) is 3.56. The third-order valence-corrected chi connectivity index (χ3v) is 5.68. The molecular weight excluding hydrogens is 399 g/mol. The van der Waals surface area contributed by atoms with E-state index < -0.39 is 0 Å². The number of halogens is 2. The number of rotatable bonds is 3. The van der Waals surface area contributed by atoms with Crippen LogP contribution in [0.3, 0.4) is 0 Å². The molecule has 146 valence electrons. The zero-order valence-corrected chi connectivity index (χ0v) is 16.9. The average molecular weight is 419 g/mol. The number of benzene rings is 2. The van der Waals surface area contributed by atoms with Crippen molar-refractivity contribution in [1.82, 2.24) is 15.1 Å². The Balaban J connectivity index is 1.73. The van der Waals surface area contributed by atoms with Crippen molar-refractivity contribution in [2.24, 2.45) is 0 Å². The number of ether oxygens (including phenoxy) is 1. The second-order valence-electron chi connectivity index (χ2n) is 6.70. The third-order valence-electron chi connectivity index (χ3n) is 4.94. The van der Waals surface area contributed by atoms with Gasteiger partial charge in [0, 0.05) is 11.1 Å². The van der Waals surface area contributed by atoms with E-state index in [4.69, 9.17) is 27.9 Å². The highest BCUT2D eigenvalue weighted by molar-refractivity contribution is 6.42. The third kappa shape index (κ3) is 3.55. The topological polar surface area (TPSA) is 59.4 Å². The lowest BCUT2D eigenvalue weighted by molar-refractivity contribution is 0.172. The molecule has 1 saturated heterocycles. The standard InChI is InChI=1S/C20H20Cl2N4O2/c1-28-20(27)25(19-4-2-3-9-23-19)14-6-8-18-13(10-14)12-24-26(18)15-5-7-16(21)17(22)11-15/h5-8,10-12,19,23H,2-4,9H2,1H3/t19-/m0/s1. The van der Waals surface area contributed by atoms with Crippen molar-refractivity contribution in [2.45, 2.75) is 25.4 Å². The number of methoxy groups -OCH3 is 1. The molecule has 28 heavy (non-hydrogen) atoms. The van der Waals surface area contributed by atoms with E-state index >= 15 is 0 Å². The van der Waals surface area contributed by atoms with E-state index in [1.165, 1.54) is 7.11 Å². The van der Waals surface area contributed by atoms with E-state index in [2.05, 4.69) is 10.4 Å². The van der Waals surface area contributed by atoms with Gasteiger partial charge in [0.05, 0.1) is 40.7 Å². The lowest BCUT2D eigenvalue weighted by atomic mass is 10.1. The Morgan fingerprint density at radius 2 is 2.07 bits per heavy atom. The van der Waals surface area contributed by atoms with Crippen LogP contribution in [0.25, 0.3) is 16.6 Å². The van der Waals surface area contributed by atoms with E-state index in [1.807, 2.05) is 24.3 Å². The van der Waals surface area contributed by atoms with Crippen molar-refractivity contribution in [2.75, 3.05) is 18.6 Å². The molecule has 1 atom stereocenters. The van der Waals surface area contributed by atoms with Gasteiger partial charge in [0.2, 0.25) is 0 Å². The number of nitrogens with one attached hydrogen (secondary N) is 1. The maximum Gasteiger partial charge on any atom is 0.415 e. The predicted molar refractivity (Wildman–Crippen MR) is 112 cm³/mol. The molecule has 1 fully saturated rings. The van der Waals surface area contributed by atoms with Crippen LogP contribution in [0.1, 0.15) is 19.3 Å². The number of hydrogen-bond acceptors (Lipinski definition) is 4. The van der Waals surface area contributed by atoms with Gasteiger partial charge in [-0.3, -0.25) is 10.2 Å². The molecule has 1 aromatic heterocycles. The van der Waals surface area contributed by atoms with Gasteiger partial charge in [0.1, 0.15) is 0 Å². The molecule has 1 aliphatic heterocycles. The van der Waals surface area contributed by atoms with Crippen LogP contribution in [0.5, 0.6) is 0 Å². The second kappa shape index (κ2) is 7.99. The number of aromatic nitrogens is 2. The van der Waals surface area contributed by atoms with Crippen LogP contribution in [0.4, 0.5) is 10.5 Å². The van der Waals surface area contributed by atoms with Crippen molar-refractivity contribution in [1.29, 1.82) is 0 Å². The van der Waals surface area contributed by atoms with Gasteiger partial charge < -0.3 is 4.74 Å². The van der Waals surface area contributed by atoms with Crippen LogP contribution in [-0.2, 0) is 4.74 Å². The number of amides is 1. The first kappa shape index (κ1) is 19.1. The Hall–Kier alpha value is -2.28. The molecule has 4 rings (SSSR count). The Labute approximate surface area is 173 Å². The summed E-state index contributed by atoms with van der Waals surface area (Å²) in [4.78, 5) is 14.1. The molecular formula is C20H20Cl2N4O2. The van der Waals surface area contributed by atoms with Gasteiger partial charge in [0.15, 0.2) is 0 Å². The Kier molecular flexibility index (Phi) is 5.44. The van der Waals surface area contributed by atoms with Crippen molar-refractivity contribution >= 4 is 45.9 Å². The van der Waals surface area contributed by atoms with Crippen LogP contribution in [-0.4, -0.2) is 35.7 Å². The highest BCUT2D eigenvalue weighted by atomic mass is 35.5. The number of carbonyl (C=O) groups is 1. The Morgan fingerprint density at radius 1 is 1.21 bits per heavy atom.